The number of aromatic nitrogens is 3. The summed E-state index contributed by atoms with van der Waals surface area (Å²) in [6.07, 6.45) is 5.59. The number of isothiocyanates is 1. The number of fused-ring (bicyclic) bond motifs is 3. The zero-order valence-electron chi connectivity index (χ0n) is 29.7. The lowest BCUT2D eigenvalue weighted by Crippen LogP contribution is -2.26. The number of imidazole rings is 1. The molecule has 12 nitrogen and oxygen atoms in total. The highest BCUT2D eigenvalue weighted by Crippen LogP contribution is 2.30. The number of nitrogen functional groups attached to an aromatic ring is 1. The van der Waals surface area contributed by atoms with Crippen LogP contribution in [0.3, 0.4) is 0 Å². The first-order valence-corrected chi connectivity index (χ1v) is 18.3. The van der Waals surface area contributed by atoms with E-state index in [1.807, 2.05) is 30.3 Å². The Labute approximate surface area is 305 Å². The fourth-order valence-corrected chi connectivity index (χ4v) is 5.66. The van der Waals surface area contributed by atoms with E-state index < -0.39 is 0 Å². The molecular formula is C38H51N7O5S. The van der Waals surface area contributed by atoms with Gasteiger partial charge in [0.1, 0.15) is 11.3 Å². The number of unbranched alkanes of at least 4 members (excludes halogenated alkanes) is 1. The van der Waals surface area contributed by atoms with Gasteiger partial charge in [0, 0.05) is 57.5 Å². The van der Waals surface area contributed by atoms with Gasteiger partial charge in [-0.15, -0.1) is 0 Å². The second kappa shape index (κ2) is 22.5. The van der Waals surface area contributed by atoms with E-state index in [4.69, 9.17) is 24.9 Å². The third-order valence-electron chi connectivity index (χ3n) is 8.26. The predicted molar refractivity (Wildman–Crippen MR) is 204 cm³/mol. The van der Waals surface area contributed by atoms with E-state index in [0.717, 1.165) is 64.6 Å². The number of hydrogen-bond donors (Lipinski definition) is 3. The highest BCUT2D eigenvalue weighted by atomic mass is 32.1. The Balaban J connectivity index is 1.09. The van der Waals surface area contributed by atoms with Gasteiger partial charge in [0.15, 0.2) is 5.82 Å². The standard InChI is InChI=1S/C38H51N7O5S/c1-2-3-11-33-44-36-37(31-9-4-5-10-32(31)43-38(36)39)45(33)27-30-16-14-29(15-17-30)26-42-35(47)13-6-12-34(46)41-19-8-21-49-23-25-50-24-22-48-20-7-18-40-28-51/h4-5,9-10,14-17H,2-3,6-8,11-13,18-27H2,1H3,(H2,39,43)(H,41,46)(H,42,47). The molecular weight excluding hydrogens is 667 g/mol. The van der Waals surface area contributed by atoms with Crippen molar-refractivity contribution in [1.82, 2.24) is 25.2 Å². The number of aliphatic imine (C=N–C) groups is 1. The Hall–Kier alpha value is -4.26. The SMILES string of the molecule is CCCCc1nc2c(N)nc3ccccc3c2n1Cc1ccc(CNC(=O)CCCC(=O)NCCCOCCOCCOCCCN=C=S)cc1. The molecule has 0 spiro atoms. The third-order valence-corrected chi connectivity index (χ3v) is 8.39. The fourth-order valence-electron chi connectivity index (χ4n) is 5.57. The lowest BCUT2D eigenvalue weighted by Gasteiger charge is -2.12. The van der Waals surface area contributed by atoms with Crippen LogP contribution in [0.15, 0.2) is 53.5 Å². The van der Waals surface area contributed by atoms with E-state index in [1.165, 1.54) is 0 Å². The van der Waals surface area contributed by atoms with E-state index >= 15 is 0 Å². The monoisotopic (exact) mass is 717 g/mol. The number of carbonyl (C=O) groups is 2. The molecule has 51 heavy (non-hydrogen) atoms. The van der Waals surface area contributed by atoms with Crippen molar-refractivity contribution >= 4 is 56.9 Å². The summed E-state index contributed by atoms with van der Waals surface area (Å²) in [6.45, 7) is 7.61. The first-order valence-electron chi connectivity index (χ1n) is 17.9. The number of anilines is 1. The number of rotatable bonds is 25. The molecule has 0 aliphatic heterocycles. The fraction of sp³-hybridized carbons (Fsp3) is 0.500. The number of nitrogens with zero attached hydrogens (tertiary/aromatic N) is 4. The maximum atomic E-state index is 12.5. The van der Waals surface area contributed by atoms with Crippen molar-refractivity contribution in [2.24, 2.45) is 4.99 Å². The zero-order chi connectivity index (χ0) is 36.1. The molecule has 2 heterocycles. The van der Waals surface area contributed by atoms with E-state index in [1.54, 1.807) is 0 Å². The van der Waals surface area contributed by atoms with Gasteiger partial charge in [-0.1, -0.05) is 55.8 Å². The number of pyridine rings is 1. The molecule has 0 fully saturated rings. The van der Waals surface area contributed by atoms with Crippen molar-refractivity contribution in [3.63, 3.8) is 0 Å². The predicted octanol–water partition coefficient (Wildman–Crippen LogP) is 5.39. The number of carbonyl (C=O) groups excluding carboxylic acids is 2. The van der Waals surface area contributed by atoms with Crippen molar-refractivity contribution in [3.05, 3.63) is 65.5 Å². The van der Waals surface area contributed by atoms with Gasteiger partial charge in [-0.25, -0.2) is 15.0 Å². The zero-order valence-corrected chi connectivity index (χ0v) is 30.5. The van der Waals surface area contributed by atoms with Crippen LogP contribution in [0.4, 0.5) is 5.82 Å². The molecule has 4 rings (SSSR count). The Kier molecular flexibility index (Phi) is 17.5. The molecule has 274 valence electrons. The summed E-state index contributed by atoms with van der Waals surface area (Å²) < 4.78 is 18.7. The number of thiocarbonyl (C=S) groups is 1. The highest BCUT2D eigenvalue weighted by molar-refractivity contribution is 7.78. The lowest BCUT2D eigenvalue weighted by atomic mass is 10.1. The summed E-state index contributed by atoms with van der Waals surface area (Å²) in [5, 5.41) is 9.22. The van der Waals surface area contributed by atoms with Gasteiger partial charge in [-0.3, -0.25) is 9.59 Å². The van der Waals surface area contributed by atoms with Crippen LogP contribution in [0.1, 0.15) is 68.8 Å². The number of para-hydroxylation sites is 1. The summed E-state index contributed by atoms with van der Waals surface area (Å²) in [6, 6.07) is 16.3. The normalized spacial score (nSPS) is 11.2. The Bertz CT molecular complexity index is 1720. The molecule has 0 atom stereocenters. The van der Waals surface area contributed by atoms with Gasteiger partial charge in [-0.2, -0.15) is 0 Å². The molecule has 2 aromatic carbocycles. The summed E-state index contributed by atoms with van der Waals surface area (Å²) in [4.78, 5) is 38.0. The molecule has 0 aliphatic carbocycles. The molecule has 0 radical (unpaired) electrons. The molecule has 0 unspecified atom stereocenters. The number of ether oxygens (including phenoxy) is 3. The number of hydrogen-bond acceptors (Lipinski definition) is 10. The lowest BCUT2D eigenvalue weighted by molar-refractivity contribution is -0.122. The van der Waals surface area contributed by atoms with Crippen LogP contribution in [-0.4, -0.2) is 84.2 Å². The third kappa shape index (κ3) is 13.4. The van der Waals surface area contributed by atoms with E-state index in [2.05, 4.69) is 67.7 Å². The molecule has 0 saturated heterocycles. The van der Waals surface area contributed by atoms with Gasteiger partial charge in [0.2, 0.25) is 11.8 Å². The number of nitrogens with one attached hydrogen (secondary N) is 2. The Morgan fingerprint density at radius 2 is 1.51 bits per heavy atom. The molecule has 4 aromatic rings. The minimum atomic E-state index is -0.0747. The van der Waals surface area contributed by atoms with Gasteiger partial charge < -0.3 is 35.1 Å². The minimum absolute atomic E-state index is 0.0636. The molecule has 4 N–H and O–H groups in total. The summed E-state index contributed by atoms with van der Waals surface area (Å²) in [7, 11) is 0. The van der Waals surface area contributed by atoms with E-state index in [0.29, 0.717) is 97.3 Å². The van der Waals surface area contributed by atoms with Gasteiger partial charge in [-0.05, 0) is 55.1 Å². The summed E-state index contributed by atoms with van der Waals surface area (Å²) in [5.41, 5.74) is 11.1. The van der Waals surface area contributed by atoms with Crippen molar-refractivity contribution in [1.29, 1.82) is 0 Å². The highest BCUT2D eigenvalue weighted by Gasteiger charge is 2.17. The van der Waals surface area contributed by atoms with Gasteiger partial charge in [0.05, 0.1) is 49.2 Å². The van der Waals surface area contributed by atoms with Crippen LogP contribution in [0.25, 0.3) is 21.9 Å². The van der Waals surface area contributed by atoms with Crippen molar-refractivity contribution in [2.75, 3.05) is 58.5 Å². The van der Waals surface area contributed by atoms with Crippen LogP contribution in [0, 0.1) is 0 Å². The van der Waals surface area contributed by atoms with Crippen LogP contribution < -0.4 is 16.4 Å². The molecule has 0 saturated carbocycles. The van der Waals surface area contributed by atoms with Crippen molar-refractivity contribution < 1.29 is 23.8 Å². The molecule has 13 heteroatoms. The molecule has 2 aromatic heterocycles. The van der Waals surface area contributed by atoms with Crippen molar-refractivity contribution in [2.45, 2.75) is 71.4 Å². The molecule has 0 aliphatic rings. The minimum Gasteiger partial charge on any atom is -0.382 e. The van der Waals surface area contributed by atoms with Crippen molar-refractivity contribution in [3.8, 4) is 0 Å². The number of amides is 2. The van der Waals surface area contributed by atoms with Crippen LogP contribution in [0.2, 0.25) is 0 Å². The van der Waals surface area contributed by atoms with Crippen LogP contribution in [-0.2, 0) is 43.3 Å². The van der Waals surface area contributed by atoms with E-state index in [9.17, 15) is 9.59 Å². The number of aryl methyl sites for hydroxylation is 1. The maximum Gasteiger partial charge on any atom is 0.220 e. The van der Waals surface area contributed by atoms with Gasteiger partial charge in [0.25, 0.3) is 0 Å². The van der Waals surface area contributed by atoms with Gasteiger partial charge >= 0.3 is 0 Å². The average molecular weight is 718 g/mol. The smallest absolute Gasteiger partial charge is 0.220 e. The number of nitrogens with two attached hydrogens (primary N) is 1. The second-order valence-electron chi connectivity index (χ2n) is 12.2. The Morgan fingerprint density at radius 3 is 2.24 bits per heavy atom. The van der Waals surface area contributed by atoms with Crippen LogP contribution >= 0.6 is 12.2 Å². The maximum absolute atomic E-state index is 12.5. The molecule has 2 amide bonds. The second-order valence-corrected chi connectivity index (χ2v) is 12.4. The Morgan fingerprint density at radius 1 is 0.843 bits per heavy atom. The summed E-state index contributed by atoms with van der Waals surface area (Å²) >= 11 is 4.51. The molecule has 0 bridgehead atoms. The largest absolute Gasteiger partial charge is 0.382 e. The van der Waals surface area contributed by atoms with E-state index in [-0.39, 0.29) is 11.8 Å². The summed E-state index contributed by atoms with van der Waals surface area (Å²) in [5.74, 6) is 1.32. The number of benzene rings is 2. The topological polar surface area (TPSA) is 155 Å². The first kappa shape index (κ1) is 39.5. The quantitative estimate of drug-likeness (QED) is 0.0465. The first-order chi connectivity index (χ1) is 25.0. The van der Waals surface area contributed by atoms with Crippen LogP contribution in [0.5, 0.6) is 0 Å². The average Bonchev–Trinajstić information content (AvgIpc) is 3.50.